The summed E-state index contributed by atoms with van der Waals surface area (Å²) in [6.45, 7) is -4.89. The second-order valence-electron chi connectivity index (χ2n) is 4.35. The summed E-state index contributed by atoms with van der Waals surface area (Å²) in [5, 5.41) is 9.10. The predicted octanol–water partition coefficient (Wildman–Crippen LogP) is 3.85. The minimum atomic E-state index is -5.00. The molecule has 0 radical (unpaired) electrons. The molecule has 0 aliphatic carbocycles. The summed E-state index contributed by atoms with van der Waals surface area (Å²) < 4.78 is 42.8. The molecule has 0 unspecified atom stereocenters. The van der Waals surface area contributed by atoms with E-state index in [9.17, 15) is 12.9 Å². The van der Waals surface area contributed by atoms with Crippen LogP contribution in [0.2, 0.25) is 5.02 Å². The Bertz CT molecular complexity index is 680. The van der Waals surface area contributed by atoms with E-state index in [1.807, 2.05) is 6.07 Å². The van der Waals surface area contributed by atoms with Crippen LogP contribution in [0.4, 0.5) is 12.9 Å². The molecule has 0 aliphatic rings. The lowest BCUT2D eigenvalue weighted by Gasteiger charge is -2.15. The van der Waals surface area contributed by atoms with E-state index in [1.54, 1.807) is 12.1 Å². The molecule has 108 valence electrons. The van der Waals surface area contributed by atoms with E-state index in [0.717, 1.165) is 12.1 Å². The minimum Gasteiger partial charge on any atom is -0.489 e. The number of halogens is 4. The highest BCUT2D eigenvalue weighted by atomic mass is 35.5. The van der Waals surface area contributed by atoms with E-state index in [2.05, 4.69) is 0 Å². The Balaban J connectivity index is 2.05. The number of benzene rings is 2. The van der Waals surface area contributed by atoms with Gasteiger partial charge >= 0.3 is 6.98 Å². The normalized spacial score (nSPS) is 11.0. The van der Waals surface area contributed by atoms with Gasteiger partial charge in [0, 0.05) is 10.6 Å². The Kier molecular flexibility index (Phi) is 4.44. The molecule has 21 heavy (non-hydrogen) atoms. The molecule has 2 aromatic rings. The molecule has 2 rings (SSSR count). The van der Waals surface area contributed by atoms with Crippen molar-refractivity contribution in [2.45, 2.75) is 6.61 Å². The maximum absolute atomic E-state index is 12.5. The highest BCUT2D eigenvalue weighted by molar-refractivity contribution is 6.73. The van der Waals surface area contributed by atoms with Crippen molar-refractivity contribution in [1.29, 1.82) is 5.26 Å². The fraction of sp³-hybridized carbons (Fsp3) is 0.0714. The van der Waals surface area contributed by atoms with Gasteiger partial charge in [-0.1, -0.05) is 29.8 Å². The smallest absolute Gasteiger partial charge is 0.489 e. The van der Waals surface area contributed by atoms with Gasteiger partial charge in [0.15, 0.2) is 0 Å². The molecular formula is C14H9BClF3NO-. The van der Waals surface area contributed by atoms with Crippen molar-refractivity contribution in [3.05, 3.63) is 58.6 Å². The van der Waals surface area contributed by atoms with Crippen molar-refractivity contribution in [2.75, 3.05) is 0 Å². The molecule has 0 heterocycles. The second-order valence-corrected chi connectivity index (χ2v) is 4.76. The molecule has 0 aromatic heterocycles. The van der Waals surface area contributed by atoms with Crippen molar-refractivity contribution in [2.24, 2.45) is 0 Å². The van der Waals surface area contributed by atoms with Crippen molar-refractivity contribution in [3.8, 4) is 11.8 Å². The van der Waals surface area contributed by atoms with E-state index >= 15 is 0 Å². The summed E-state index contributed by atoms with van der Waals surface area (Å²) in [6.07, 6.45) is 0. The van der Waals surface area contributed by atoms with E-state index < -0.39 is 12.4 Å². The highest BCUT2D eigenvalue weighted by Gasteiger charge is 2.24. The van der Waals surface area contributed by atoms with Crippen LogP contribution < -0.4 is 10.2 Å². The van der Waals surface area contributed by atoms with Crippen LogP contribution in [0.3, 0.4) is 0 Å². The lowest BCUT2D eigenvalue weighted by molar-refractivity contribution is 0.306. The Hall–Kier alpha value is -2.13. The molecule has 0 bridgehead atoms. The first-order valence-electron chi connectivity index (χ1n) is 6.01. The summed E-state index contributed by atoms with van der Waals surface area (Å²) >= 11 is 5.98. The predicted molar refractivity (Wildman–Crippen MR) is 75.7 cm³/mol. The van der Waals surface area contributed by atoms with Crippen LogP contribution in [0.1, 0.15) is 11.1 Å². The third-order valence-corrected chi connectivity index (χ3v) is 3.19. The SMILES string of the molecule is N#Cc1ccc(COc2ccc([B-](F)(F)F)cc2)c(Cl)c1. The average Bonchev–Trinajstić information content (AvgIpc) is 2.45. The molecule has 0 amide bonds. The molecule has 0 spiro atoms. The monoisotopic (exact) mass is 310 g/mol. The first kappa shape index (κ1) is 15.3. The van der Waals surface area contributed by atoms with Crippen molar-refractivity contribution < 1.29 is 17.7 Å². The maximum atomic E-state index is 12.5. The first-order chi connectivity index (χ1) is 9.90. The van der Waals surface area contributed by atoms with E-state index in [4.69, 9.17) is 21.6 Å². The maximum Gasteiger partial charge on any atom is 0.509 e. The summed E-state index contributed by atoms with van der Waals surface area (Å²) in [7, 11) is 0. The molecule has 2 nitrogen and oxygen atoms in total. The average molecular weight is 310 g/mol. The van der Waals surface area contributed by atoms with Gasteiger partial charge in [-0.05, 0) is 24.3 Å². The van der Waals surface area contributed by atoms with Gasteiger partial charge in [-0.2, -0.15) is 5.26 Å². The minimum absolute atomic E-state index is 0.112. The van der Waals surface area contributed by atoms with Gasteiger partial charge in [-0.3, -0.25) is 0 Å². The summed E-state index contributed by atoms with van der Waals surface area (Å²) in [4.78, 5) is 0. The summed E-state index contributed by atoms with van der Waals surface area (Å²) in [5.41, 5.74) is 0.416. The van der Waals surface area contributed by atoms with Crippen LogP contribution in [0.15, 0.2) is 42.5 Å². The van der Waals surface area contributed by atoms with Gasteiger partial charge in [-0.25, -0.2) is 0 Å². The number of hydrogen-bond donors (Lipinski definition) is 0. The Morgan fingerprint density at radius 1 is 1.10 bits per heavy atom. The van der Waals surface area contributed by atoms with Crippen molar-refractivity contribution in [1.82, 2.24) is 0 Å². The van der Waals surface area contributed by atoms with Crippen LogP contribution in [-0.2, 0) is 6.61 Å². The molecule has 2 aromatic carbocycles. The third kappa shape index (κ3) is 3.93. The Labute approximate surface area is 124 Å². The highest BCUT2D eigenvalue weighted by Crippen LogP contribution is 2.20. The Morgan fingerprint density at radius 3 is 2.29 bits per heavy atom. The number of ether oxygens (including phenoxy) is 1. The van der Waals surface area contributed by atoms with Gasteiger partial charge in [-0.15, -0.1) is 5.46 Å². The van der Waals surface area contributed by atoms with Crippen molar-refractivity contribution >= 4 is 24.0 Å². The van der Waals surface area contributed by atoms with Crippen LogP contribution in [-0.4, -0.2) is 6.98 Å². The number of rotatable bonds is 4. The molecule has 0 saturated carbocycles. The van der Waals surface area contributed by atoms with Gasteiger partial charge in [0.05, 0.1) is 11.6 Å². The first-order valence-corrected chi connectivity index (χ1v) is 6.39. The van der Waals surface area contributed by atoms with Crippen LogP contribution >= 0.6 is 11.6 Å². The van der Waals surface area contributed by atoms with Gasteiger partial charge < -0.3 is 17.7 Å². The zero-order valence-electron chi connectivity index (χ0n) is 10.7. The van der Waals surface area contributed by atoms with Gasteiger partial charge in [0.2, 0.25) is 0 Å². The molecule has 0 saturated heterocycles. The van der Waals surface area contributed by atoms with Crippen LogP contribution in [0.5, 0.6) is 5.75 Å². The molecule has 0 aliphatic heterocycles. The van der Waals surface area contributed by atoms with E-state index in [-0.39, 0.29) is 6.61 Å². The number of hydrogen-bond acceptors (Lipinski definition) is 2. The van der Waals surface area contributed by atoms with Crippen molar-refractivity contribution in [3.63, 3.8) is 0 Å². The van der Waals surface area contributed by atoms with Gasteiger partial charge in [0.1, 0.15) is 12.4 Å². The van der Waals surface area contributed by atoms with Crippen LogP contribution in [0, 0.1) is 11.3 Å². The molecular weight excluding hydrogens is 301 g/mol. The van der Waals surface area contributed by atoms with E-state index in [0.29, 0.717) is 21.9 Å². The lowest BCUT2D eigenvalue weighted by atomic mass is 9.80. The zero-order chi connectivity index (χ0) is 15.5. The molecule has 0 N–H and O–H groups in total. The zero-order valence-corrected chi connectivity index (χ0v) is 11.4. The molecule has 0 atom stereocenters. The van der Waals surface area contributed by atoms with Gasteiger partial charge in [0.25, 0.3) is 0 Å². The topological polar surface area (TPSA) is 33.0 Å². The number of nitriles is 1. The quantitative estimate of drug-likeness (QED) is 0.804. The second kappa shape index (κ2) is 6.11. The molecule has 7 heteroatoms. The lowest BCUT2D eigenvalue weighted by Crippen LogP contribution is -2.33. The standard InChI is InChI=1S/C14H9BClF3NO/c16-14-7-10(8-20)1-2-11(14)9-21-13-5-3-12(4-6-13)15(17,18)19/h1-7H,9H2/q-1. The van der Waals surface area contributed by atoms with Crippen LogP contribution in [0.25, 0.3) is 0 Å². The summed E-state index contributed by atoms with van der Waals surface area (Å²) in [5.74, 6) is 0.319. The van der Waals surface area contributed by atoms with E-state index in [1.165, 1.54) is 18.2 Å². The third-order valence-electron chi connectivity index (χ3n) is 2.83. The number of nitrogens with zero attached hydrogens (tertiary/aromatic N) is 1. The fourth-order valence-electron chi connectivity index (χ4n) is 1.68. The Morgan fingerprint density at radius 2 is 1.76 bits per heavy atom. The summed E-state index contributed by atoms with van der Waals surface area (Å²) in [6, 6.07) is 11.2. The molecule has 0 fully saturated rings. The fourth-order valence-corrected chi connectivity index (χ4v) is 1.91. The largest absolute Gasteiger partial charge is 0.509 e.